The second kappa shape index (κ2) is 11.5. The van der Waals surface area contributed by atoms with Gasteiger partial charge in [-0.05, 0) is 54.1 Å². The molecular formula is C29H31N3O4S. The third-order valence-electron chi connectivity index (χ3n) is 5.75. The van der Waals surface area contributed by atoms with Crippen molar-refractivity contribution in [1.82, 2.24) is 14.8 Å². The Hall–Kier alpha value is -3.78. The van der Waals surface area contributed by atoms with E-state index in [4.69, 9.17) is 14.2 Å². The number of para-hydroxylation sites is 1. The summed E-state index contributed by atoms with van der Waals surface area (Å²) in [5.41, 5.74) is 1.46. The van der Waals surface area contributed by atoms with Gasteiger partial charge in [-0.1, -0.05) is 56.8 Å². The van der Waals surface area contributed by atoms with Crippen molar-refractivity contribution in [3.05, 3.63) is 84.2 Å². The molecule has 0 unspecified atom stereocenters. The molecule has 0 saturated carbocycles. The number of nitrogens with zero attached hydrogens (tertiary/aromatic N) is 3. The zero-order valence-electron chi connectivity index (χ0n) is 21.7. The molecule has 7 nitrogen and oxygen atoms in total. The van der Waals surface area contributed by atoms with Crippen molar-refractivity contribution in [2.24, 2.45) is 5.41 Å². The normalized spacial score (nSPS) is 11.3. The predicted octanol–water partition coefficient (Wildman–Crippen LogP) is 6.37. The average Bonchev–Trinajstić information content (AvgIpc) is 3.29. The molecule has 0 amide bonds. The Balaban J connectivity index is 1.65. The fraction of sp³-hybridized carbons (Fsp3) is 0.276. The number of carbonyl (C=O) groups is 1. The summed E-state index contributed by atoms with van der Waals surface area (Å²) in [6, 6.07) is 23.2. The topological polar surface area (TPSA) is 75.5 Å². The minimum Gasteiger partial charge on any atom is -0.493 e. The minimum absolute atomic E-state index is 0.153. The molecular weight excluding hydrogens is 486 g/mol. The van der Waals surface area contributed by atoms with Crippen LogP contribution in [0.2, 0.25) is 0 Å². The van der Waals surface area contributed by atoms with Crippen LogP contribution >= 0.6 is 11.8 Å². The van der Waals surface area contributed by atoms with Crippen molar-refractivity contribution in [2.75, 3.05) is 20.0 Å². The highest BCUT2D eigenvalue weighted by atomic mass is 32.2. The Morgan fingerprint density at radius 1 is 0.865 bits per heavy atom. The van der Waals surface area contributed by atoms with Crippen molar-refractivity contribution in [3.8, 4) is 28.7 Å². The Kier molecular flexibility index (Phi) is 8.18. The standard InChI is InChI=1S/C29H31N3O4S/c1-29(2,3)26(33)19-37-28-31-30-27(18-20-11-16-24(34-4)25(17-20)35-5)32(28)21-12-14-23(15-13-21)36-22-9-7-6-8-10-22/h6-17H,18-19H2,1-5H3. The van der Waals surface area contributed by atoms with E-state index >= 15 is 0 Å². The lowest BCUT2D eigenvalue weighted by Crippen LogP contribution is -2.22. The molecule has 4 aromatic rings. The van der Waals surface area contributed by atoms with Gasteiger partial charge in [0.15, 0.2) is 16.7 Å². The smallest absolute Gasteiger partial charge is 0.196 e. The monoisotopic (exact) mass is 517 g/mol. The second-order valence-electron chi connectivity index (χ2n) is 9.47. The molecule has 0 aliphatic carbocycles. The maximum absolute atomic E-state index is 12.6. The van der Waals surface area contributed by atoms with E-state index in [2.05, 4.69) is 10.2 Å². The first kappa shape index (κ1) is 26.3. The van der Waals surface area contributed by atoms with E-state index in [1.165, 1.54) is 11.8 Å². The number of hydrogen-bond donors (Lipinski definition) is 0. The lowest BCUT2D eigenvalue weighted by atomic mass is 9.92. The van der Waals surface area contributed by atoms with Crippen molar-refractivity contribution in [3.63, 3.8) is 0 Å². The zero-order valence-corrected chi connectivity index (χ0v) is 22.5. The maximum Gasteiger partial charge on any atom is 0.196 e. The lowest BCUT2D eigenvalue weighted by Gasteiger charge is -2.16. The number of rotatable bonds is 10. The molecule has 0 saturated heterocycles. The molecule has 0 radical (unpaired) electrons. The number of hydrogen-bond acceptors (Lipinski definition) is 7. The predicted molar refractivity (Wildman–Crippen MR) is 145 cm³/mol. The van der Waals surface area contributed by atoms with E-state index in [1.54, 1.807) is 14.2 Å². The summed E-state index contributed by atoms with van der Waals surface area (Å²) in [4.78, 5) is 12.6. The average molecular weight is 518 g/mol. The number of thioether (sulfide) groups is 1. The third-order valence-corrected chi connectivity index (χ3v) is 6.68. The van der Waals surface area contributed by atoms with Crippen molar-refractivity contribution in [1.29, 1.82) is 0 Å². The molecule has 0 N–H and O–H groups in total. The highest BCUT2D eigenvalue weighted by Gasteiger charge is 2.23. The van der Waals surface area contributed by atoms with Gasteiger partial charge in [0.25, 0.3) is 0 Å². The van der Waals surface area contributed by atoms with Gasteiger partial charge in [-0.15, -0.1) is 10.2 Å². The number of ketones is 1. The SMILES string of the molecule is COc1ccc(Cc2nnc(SCC(=O)C(C)(C)C)n2-c2ccc(Oc3ccccc3)cc2)cc1OC. The van der Waals surface area contributed by atoms with E-state index in [-0.39, 0.29) is 5.78 Å². The van der Waals surface area contributed by atoms with Gasteiger partial charge in [0.05, 0.1) is 20.0 Å². The number of ether oxygens (including phenoxy) is 3. The van der Waals surface area contributed by atoms with Crippen molar-refractivity contribution in [2.45, 2.75) is 32.3 Å². The van der Waals surface area contributed by atoms with E-state index in [1.807, 2.05) is 98.1 Å². The van der Waals surface area contributed by atoms with Gasteiger partial charge < -0.3 is 14.2 Å². The Labute approximate surface area is 221 Å². The highest BCUT2D eigenvalue weighted by Crippen LogP contribution is 2.31. The van der Waals surface area contributed by atoms with Crippen LogP contribution in [0, 0.1) is 5.41 Å². The minimum atomic E-state index is -0.420. The van der Waals surface area contributed by atoms with Crippen LogP contribution in [0.15, 0.2) is 78.0 Å². The number of Topliss-reactive ketones (excluding diaryl/α,β-unsaturated/α-hetero) is 1. The molecule has 1 heterocycles. The number of aromatic nitrogens is 3. The summed E-state index contributed by atoms with van der Waals surface area (Å²) in [6.07, 6.45) is 0.517. The molecule has 0 bridgehead atoms. The molecule has 192 valence electrons. The van der Waals surface area contributed by atoms with Crippen LogP contribution < -0.4 is 14.2 Å². The van der Waals surface area contributed by atoms with Crippen LogP contribution in [0.25, 0.3) is 5.69 Å². The first-order valence-electron chi connectivity index (χ1n) is 11.9. The van der Waals surface area contributed by atoms with Crippen LogP contribution in [-0.4, -0.2) is 40.5 Å². The summed E-state index contributed by atoms with van der Waals surface area (Å²) < 4.78 is 18.8. The van der Waals surface area contributed by atoms with Crippen LogP contribution in [-0.2, 0) is 11.2 Å². The molecule has 0 aliphatic rings. The van der Waals surface area contributed by atoms with Crippen molar-refractivity contribution < 1.29 is 19.0 Å². The fourth-order valence-corrected chi connectivity index (χ4v) is 4.71. The molecule has 8 heteroatoms. The van der Waals surface area contributed by atoms with Crippen LogP contribution in [0.4, 0.5) is 0 Å². The number of benzene rings is 3. The molecule has 1 aromatic heterocycles. The van der Waals surface area contributed by atoms with Gasteiger partial charge in [-0.25, -0.2) is 0 Å². The Morgan fingerprint density at radius 3 is 2.19 bits per heavy atom. The van der Waals surface area contributed by atoms with Crippen LogP contribution in [0.5, 0.6) is 23.0 Å². The van der Waals surface area contributed by atoms with Crippen molar-refractivity contribution >= 4 is 17.5 Å². The second-order valence-corrected chi connectivity index (χ2v) is 10.4. The largest absolute Gasteiger partial charge is 0.493 e. The Bertz CT molecular complexity index is 1350. The van der Waals surface area contributed by atoms with Gasteiger partial charge in [-0.2, -0.15) is 0 Å². The highest BCUT2D eigenvalue weighted by molar-refractivity contribution is 7.99. The number of carbonyl (C=O) groups excluding carboxylic acids is 1. The van der Waals surface area contributed by atoms with Gasteiger partial charge >= 0.3 is 0 Å². The summed E-state index contributed by atoms with van der Waals surface area (Å²) >= 11 is 1.39. The fourth-order valence-electron chi connectivity index (χ4n) is 3.58. The van der Waals surface area contributed by atoms with E-state index in [0.29, 0.717) is 28.8 Å². The molecule has 0 fully saturated rings. The summed E-state index contributed by atoms with van der Waals surface area (Å²) in [7, 11) is 3.23. The quantitative estimate of drug-likeness (QED) is 0.226. The molecule has 0 atom stereocenters. The van der Waals surface area contributed by atoms with E-state index in [0.717, 1.165) is 28.6 Å². The maximum atomic E-state index is 12.6. The van der Waals surface area contributed by atoms with Gasteiger partial charge in [0.1, 0.15) is 23.1 Å². The zero-order chi connectivity index (χ0) is 26.4. The summed E-state index contributed by atoms with van der Waals surface area (Å²) in [5, 5.41) is 9.60. The first-order chi connectivity index (χ1) is 17.8. The molecule has 0 spiro atoms. The van der Waals surface area contributed by atoms with Crippen LogP contribution in [0.3, 0.4) is 0 Å². The molecule has 4 rings (SSSR count). The van der Waals surface area contributed by atoms with Gasteiger partial charge in [-0.3, -0.25) is 9.36 Å². The van der Waals surface area contributed by atoms with E-state index in [9.17, 15) is 4.79 Å². The summed E-state index contributed by atoms with van der Waals surface area (Å²) in [5.74, 6) is 4.02. The van der Waals surface area contributed by atoms with Crippen LogP contribution in [0.1, 0.15) is 32.2 Å². The lowest BCUT2D eigenvalue weighted by molar-refractivity contribution is -0.123. The summed E-state index contributed by atoms with van der Waals surface area (Å²) in [6.45, 7) is 5.78. The van der Waals surface area contributed by atoms with Gasteiger partial charge in [0.2, 0.25) is 0 Å². The molecule has 0 aliphatic heterocycles. The molecule has 37 heavy (non-hydrogen) atoms. The first-order valence-corrected chi connectivity index (χ1v) is 12.9. The van der Waals surface area contributed by atoms with Gasteiger partial charge in [0, 0.05) is 17.5 Å². The Morgan fingerprint density at radius 2 is 1.54 bits per heavy atom. The molecule has 3 aromatic carbocycles. The third kappa shape index (κ3) is 6.51. The van der Waals surface area contributed by atoms with E-state index < -0.39 is 5.41 Å². The number of methoxy groups -OCH3 is 2.